The number of nitrogens with zero attached hydrogens (tertiary/aromatic N) is 3. The van der Waals surface area contributed by atoms with Crippen LogP contribution in [0, 0.1) is 24.7 Å². The van der Waals surface area contributed by atoms with Crippen LogP contribution in [0.15, 0.2) is 0 Å². The van der Waals surface area contributed by atoms with E-state index in [0.717, 1.165) is 43.7 Å². The molecule has 4 heteroatoms. The molecule has 1 aliphatic rings. The molecule has 1 N–H and O–H groups in total. The molecule has 0 amide bonds. The fourth-order valence-electron chi connectivity index (χ4n) is 3.23. The van der Waals surface area contributed by atoms with E-state index in [1.807, 2.05) is 0 Å². The minimum absolute atomic E-state index is 0.682. The second-order valence-electron chi connectivity index (χ2n) is 7.23. The lowest BCUT2D eigenvalue weighted by Crippen LogP contribution is -2.40. The van der Waals surface area contributed by atoms with E-state index in [1.54, 1.807) is 0 Å². The molecule has 120 valence electrons. The Kier molecular flexibility index (Phi) is 5.31. The first-order valence-corrected chi connectivity index (χ1v) is 8.38. The number of anilines is 1. The van der Waals surface area contributed by atoms with E-state index < -0.39 is 0 Å². The van der Waals surface area contributed by atoms with Crippen molar-refractivity contribution in [3.05, 3.63) is 11.3 Å². The molecule has 0 aromatic carbocycles. The Labute approximate surface area is 129 Å². The normalized spacial score (nSPS) is 23.1. The van der Waals surface area contributed by atoms with Crippen LogP contribution >= 0.6 is 0 Å². The van der Waals surface area contributed by atoms with Gasteiger partial charge in [-0.15, -0.1) is 0 Å². The van der Waals surface area contributed by atoms with Crippen molar-refractivity contribution in [1.82, 2.24) is 15.1 Å². The van der Waals surface area contributed by atoms with Gasteiger partial charge in [-0.05, 0) is 37.6 Å². The monoisotopic (exact) mass is 292 g/mol. The fourth-order valence-corrected chi connectivity index (χ4v) is 3.23. The van der Waals surface area contributed by atoms with Crippen molar-refractivity contribution < 1.29 is 0 Å². The zero-order valence-electron chi connectivity index (χ0n) is 14.6. The van der Waals surface area contributed by atoms with E-state index in [-0.39, 0.29) is 0 Å². The maximum atomic E-state index is 4.66. The van der Waals surface area contributed by atoms with E-state index in [0.29, 0.717) is 5.92 Å². The van der Waals surface area contributed by atoms with E-state index in [1.165, 1.54) is 17.8 Å². The topological polar surface area (TPSA) is 33.1 Å². The lowest BCUT2D eigenvalue weighted by Gasteiger charge is -2.37. The summed E-state index contributed by atoms with van der Waals surface area (Å²) in [7, 11) is 2.08. The summed E-state index contributed by atoms with van der Waals surface area (Å²) in [5.41, 5.74) is 2.54. The highest BCUT2D eigenvalue weighted by Gasteiger charge is 2.27. The van der Waals surface area contributed by atoms with Gasteiger partial charge in [-0.3, -0.25) is 4.68 Å². The van der Waals surface area contributed by atoms with Gasteiger partial charge in [0.25, 0.3) is 0 Å². The molecule has 2 heterocycles. The molecule has 0 aliphatic carbocycles. The lowest BCUT2D eigenvalue weighted by atomic mass is 9.88. The zero-order chi connectivity index (χ0) is 15.6. The maximum absolute atomic E-state index is 4.66. The molecule has 21 heavy (non-hydrogen) atoms. The summed E-state index contributed by atoms with van der Waals surface area (Å²) in [6, 6.07) is 0. The molecule has 0 bridgehead atoms. The number of rotatable bonds is 5. The standard InChI is InChI=1S/C17H32N4/c1-12(2)9-18-10-16-15(5)19-20(6)17(16)21-8-7-13(3)14(4)11-21/h12-14,18H,7-11H2,1-6H3. The summed E-state index contributed by atoms with van der Waals surface area (Å²) < 4.78 is 2.07. The highest BCUT2D eigenvalue weighted by Crippen LogP contribution is 2.30. The molecule has 1 aromatic rings. The smallest absolute Gasteiger partial charge is 0.131 e. The van der Waals surface area contributed by atoms with Crippen LogP contribution in [0.1, 0.15) is 45.4 Å². The average Bonchev–Trinajstić information content (AvgIpc) is 2.67. The van der Waals surface area contributed by atoms with Crippen LogP contribution in [0.3, 0.4) is 0 Å². The molecule has 1 aromatic heterocycles. The number of piperidine rings is 1. The Morgan fingerprint density at radius 3 is 2.62 bits per heavy atom. The molecule has 0 saturated carbocycles. The molecule has 2 atom stereocenters. The summed E-state index contributed by atoms with van der Waals surface area (Å²) in [6.07, 6.45) is 1.28. The summed E-state index contributed by atoms with van der Waals surface area (Å²) in [5.74, 6) is 3.59. The molecular weight excluding hydrogens is 260 g/mol. The van der Waals surface area contributed by atoms with Crippen molar-refractivity contribution in [1.29, 1.82) is 0 Å². The molecule has 1 aliphatic heterocycles. The van der Waals surface area contributed by atoms with Crippen molar-refractivity contribution in [2.75, 3.05) is 24.5 Å². The molecule has 1 fully saturated rings. The summed E-state index contributed by atoms with van der Waals surface area (Å²) in [4.78, 5) is 2.54. The van der Waals surface area contributed by atoms with Gasteiger partial charge in [0.2, 0.25) is 0 Å². The Balaban J connectivity index is 2.14. The third-order valence-electron chi connectivity index (χ3n) is 4.80. The highest BCUT2D eigenvalue weighted by atomic mass is 15.4. The number of hydrogen-bond acceptors (Lipinski definition) is 3. The van der Waals surface area contributed by atoms with Gasteiger partial charge in [0.1, 0.15) is 5.82 Å². The first kappa shape index (κ1) is 16.3. The van der Waals surface area contributed by atoms with Gasteiger partial charge in [0.15, 0.2) is 0 Å². The van der Waals surface area contributed by atoms with Gasteiger partial charge < -0.3 is 10.2 Å². The molecule has 0 radical (unpaired) electrons. The average molecular weight is 292 g/mol. The Hall–Kier alpha value is -1.03. The SMILES string of the molecule is Cc1nn(C)c(N2CCC(C)C(C)C2)c1CNCC(C)C. The molecule has 0 spiro atoms. The molecule has 2 unspecified atom stereocenters. The van der Waals surface area contributed by atoms with Crippen molar-refractivity contribution in [2.45, 2.75) is 47.6 Å². The molecule has 4 nitrogen and oxygen atoms in total. The van der Waals surface area contributed by atoms with E-state index in [2.05, 4.69) is 61.7 Å². The molecule has 2 rings (SSSR count). The predicted octanol–water partition coefficient (Wildman–Crippen LogP) is 2.96. The first-order chi connectivity index (χ1) is 9.90. The second kappa shape index (κ2) is 6.82. The van der Waals surface area contributed by atoms with Gasteiger partial charge in [-0.2, -0.15) is 5.10 Å². The Bertz CT molecular complexity index is 464. The van der Waals surface area contributed by atoms with Crippen LogP contribution in [-0.4, -0.2) is 29.4 Å². The largest absolute Gasteiger partial charge is 0.356 e. The van der Waals surface area contributed by atoms with Gasteiger partial charge in [0.05, 0.1) is 5.69 Å². The van der Waals surface area contributed by atoms with Crippen LogP contribution in [0.2, 0.25) is 0 Å². The van der Waals surface area contributed by atoms with Crippen molar-refractivity contribution >= 4 is 5.82 Å². The van der Waals surface area contributed by atoms with Crippen LogP contribution in [0.4, 0.5) is 5.82 Å². The quantitative estimate of drug-likeness (QED) is 0.906. The molecular formula is C17H32N4. The first-order valence-electron chi connectivity index (χ1n) is 8.38. The maximum Gasteiger partial charge on any atom is 0.131 e. The van der Waals surface area contributed by atoms with Crippen molar-refractivity contribution in [3.8, 4) is 0 Å². The van der Waals surface area contributed by atoms with Gasteiger partial charge in [0, 0.05) is 32.2 Å². The number of aromatic nitrogens is 2. The van der Waals surface area contributed by atoms with Crippen LogP contribution < -0.4 is 10.2 Å². The number of nitrogens with one attached hydrogen (secondary N) is 1. The van der Waals surface area contributed by atoms with Gasteiger partial charge >= 0.3 is 0 Å². The van der Waals surface area contributed by atoms with Crippen LogP contribution in [0.5, 0.6) is 0 Å². The summed E-state index contributed by atoms with van der Waals surface area (Å²) >= 11 is 0. The fraction of sp³-hybridized carbons (Fsp3) is 0.824. The number of aryl methyl sites for hydroxylation is 2. The number of hydrogen-bond donors (Lipinski definition) is 1. The van der Waals surface area contributed by atoms with Gasteiger partial charge in [-0.1, -0.05) is 27.7 Å². The second-order valence-corrected chi connectivity index (χ2v) is 7.23. The third kappa shape index (κ3) is 3.79. The predicted molar refractivity (Wildman–Crippen MR) is 89.6 cm³/mol. The van der Waals surface area contributed by atoms with Crippen LogP contribution in [-0.2, 0) is 13.6 Å². The highest BCUT2D eigenvalue weighted by molar-refractivity contribution is 5.50. The van der Waals surface area contributed by atoms with Crippen molar-refractivity contribution in [3.63, 3.8) is 0 Å². The molecule has 1 saturated heterocycles. The van der Waals surface area contributed by atoms with E-state index >= 15 is 0 Å². The van der Waals surface area contributed by atoms with E-state index in [9.17, 15) is 0 Å². The minimum Gasteiger partial charge on any atom is -0.356 e. The Morgan fingerprint density at radius 1 is 1.29 bits per heavy atom. The van der Waals surface area contributed by atoms with Gasteiger partial charge in [-0.25, -0.2) is 0 Å². The van der Waals surface area contributed by atoms with Crippen LogP contribution in [0.25, 0.3) is 0 Å². The third-order valence-corrected chi connectivity index (χ3v) is 4.80. The van der Waals surface area contributed by atoms with Crippen molar-refractivity contribution in [2.24, 2.45) is 24.8 Å². The Morgan fingerprint density at radius 2 is 2.00 bits per heavy atom. The summed E-state index contributed by atoms with van der Waals surface area (Å²) in [6.45, 7) is 15.7. The lowest BCUT2D eigenvalue weighted by molar-refractivity contribution is 0.321. The minimum atomic E-state index is 0.682. The van der Waals surface area contributed by atoms with E-state index in [4.69, 9.17) is 0 Å². The zero-order valence-corrected chi connectivity index (χ0v) is 14.6. The summed E-state index contributed by atoms with van der Waals surface area (Å²) in [5, 5.41) is 8.24.